The van der Waals surface area contributed by atoms with Gasteiger partial charge < -0.3 is 10.6 Å². The minimum absolute atomic E-state index is 0.0124. The average Bonchev–Trinajstić information content (AvgIpc) is 2.47. The summed E-state index contributed by atoms with van der Waals surface area (Å²) in [6.07, 6.45) is 1.71. The molecule has 1 aliphatic heterocycles. The van der Waals surface area contributed by atoms with Crippen LogP contribution in [-0.2, 0) is 0 Å². The molecule has 0 bridgehead atoms. The van der Waals surface area contributed by atoms with Crippen LogP contribution in [0.4, 0.5) is 5.69 Å². The lowest BCUT2D eigenvalue weighted by Gasteiger charge is -2.36. The van der Waals surface area contributed by atoms with E-state index in [1.54, 1.807) is 24.0 Å². The van der Waals surface area contributed by atoms with Crippen LogP contribution in [0.15, 0.2) is 18.2 Å². The normalized spacial score (nSPS) is 22.1. The van der Waals surface area contributed by atoms with Gasteiger partial charge in [-0.15, -0.1) is 0 Å². The summed E-state index contributed by atoms with van der Waals surface area (Å²) in [4.78, 5) is 24.9. The number of piperidine rings is 1. The van der Waals surface area contributed by atoms with Gasteiger partial charge in [0.1, 0.15) is 0 Å². The van der Waals surface area contributed by atoms with Crippen LogP contribution in [0.1, 0.15) is 35.7 Å². The number of nitro benzene ring substituents is 1. The molecule has 2 unspecified atom stereocenters. The van der Waals surface area contributed by atoms with E-state index in [0.29, 0.717) is 30.1 Å². The lowest BCUT2D eigenvalue weighted by Crippen LogP contribution is -2.49. The minimum Gasteiger partial charge on any atom is -0.338 e. The summed E-state index contributed by atoms with van der Waals surface area (Å²) in [7, 11) is 0. The van der Waals surface area contributed by atoms with Crippen LogP contribution in [0, 0.1) is 23.0 Å². The summed E-state index contributed by atoms with van der Waals surface area (Å²) in [5, 5.41) is 11.0. The average molecular weight is 291 g/mol. The first kappa shape index (κ1) is 15.4. The Morgan fingerprint density at radius 1 is 1.52 bits per heavy atom. The topological polar surface area (TPSA) is 89.5 Å². The van der Waals surface area contributed by atoms with E-state index in [0.717, 1.165) is 12.8 Å². The monoisotopic (exact) mass is 291 g/mol. The first-order chi connectivity index (χ1) is 9.95. The van der Waals surface area contributed by atoms with Crippen molar-refractivity contribution in [3.05, 3.63) is 39.4 Å². The zero-order valence-electron chi connectivity index (χ0n) is 12.4. The zero-order chi connectivity index (χ0) is 15.6. The molecule has 1 aromatic rings. The molecule has 0 saturated carbocycles. The molecule has 2 rings (SSSR count). The van der Waals surface area contributed by atoms with Crippen LogP contribution in [-0.4, -0.2) is 34.9 Å². The summed E-state index contributed by atoms with van der Waals surface area (Å²) in [6, 6.07) is 4.77. The molecule has 0 spiro atoms. The van der Waals surface area contributed by atoms with E-state index in [-0.39, 0.29) is 17.6 Å². The molecule has 6 heteroatoms. The van der Waals surface area contributed by atoms with Crippen LogP contribution in [0.2, 0.25) is 0 Å². The molecule has 1 amide bonds. The van der Waals surface area contributed by atoms with Crippen molar-refractivity contribution < 1.29 is 9.72 Å². The van der Waals surface area contributed by atoms with Crippen molar-refractivity contribution in [1.82, 2.24) is 4.90 Å². The molecule has 1 saturated heterocycles. The van der Waals surface area contributed by atoms with Crippen molar-refractivity contribution in [1.29, 1.82) is 0 Å². The molecule has 1 heterocycles. The Hall–Kier alpha value is -1.95. The van der Waals surface area contributed by atoms with Gasteiger partial charge in [0.05, 0.1) is 4.92 Å². The standard InChI is InChI=1S/C15H21N3O3/c1-3-11-9-17(8-7-13(11)16)15(19)12-5-4-6-14(10(12)2)18(20)21/h4-6,11,13H,3,7-9,16H2,1-2H3. The number of carbonyl (C=O) groups excluding carboxylic acids is 1. The highest BCUT2D eigenvalue weighted by molar-refractivity contribution is 5.96. The van der Waals surface area contributed by atoms with Crippen molar-refractivity contribution in [2.75, 3.05) is 13.1 Å². The van der Waals surface area contributed by atoms with Crippen LogP contribution in [0.3, 0.4) is 0 Å². The van der Waals surface area contributed by atoms with E-state index >= 15 is 0 Å². The number of nitro groups is 1. The summed E-state index contributed by atoms with van der Waals surface area (Å²) in [5.74, 6) is 0.156. The quantitative estimate of drug-likeness (QED) is 0.682. The van der Waals surface area contributed by atoms with Crippen molar-refractivity contribution >= 4 is 11.6 Å². The molecule has 0 aliphatic carbocycles. The van der Waals surface area contributed by atoms with Gasteiger partial charge in [-0.25, -0.2) is 0 Å². The van der Waals surface area contributed by atoms with Crippen LogP contribution in [0.5, 0.6) is 0 Å². The van der Waals surface area contributed by atoms with Gasteiger partial charge in [0.15, 0.2) is 0 Å². The number of nitrogens with zero attached hydrogens (tertiary/aromatic N) is 2. The maximum absolute atomic E-state index is 12.6. The van der Waals surface area contributed by atoms with Gasteiger partial charge in [0.2, 0.25) is 0 Å². The Bertz CT molecular complexity index is 559. The third-order valence-electron chi connectivity index (χ3n) is 4.34. The van der Waals surface area contributed by atoms with E-state index in [9.17, 15) is 14.9 Å². The van der Waals surface area contributed by atoms with Gasteiger partial charge >= 0.3 is 0 Å². The van der Waals surface area contributed by atoms with Crippen LogP contribution < -0.4 is 5.73 Å². The number of nitrogens with two attached hydrogens (primary N) is 1. The summed E-state index contributed by atoms with van der Waals surface area (Å²) in [5.41, 5.74) is 6.88. The van der Waals surface area contributed by atoms with E-state index in [2.05, 4.69) is 6.92 Å². The van der Waals surface area contributed by atoms with E-state index in [1.807, 2.05) is 0 Å². The van der Waals surface area contributed by atoms with Crippen molar-refractivity contribution in [2.45, 2.75) is 32.7 Å². The number of hydrogen-bond donors (Lipinski definition) is 1. The van der Waals surface area contributed by atoms with Gasteiger partial charge in [0, 0.05) is 36.3 Å². The number of amides is 1. The van der Waals surface area contributed by atoms with Gasteiger partial charge in [-0.3, -0.25) is 14.9 Å². The predicted octanol–water partition coefficient (Wildman–Crippen LogP) is 2.10. The fourth-order valence-electron chi connectivity index (χ4n) is 2.89. The lowest BCUT2D eigenvalue weighted by molar-refractivity contribution is -0.385. The Morgan fingerprint density at radius 2 is 2.24 bits per heavy atom. The largest absolute Gasteiger partial charge is 0.338 e. The molecular formula is C15H21N3O3. The maximum atomic E-state index is 12.6. The summed E-state index contributed by atoms with van der Waals surface area (Å²) in [6.45, 7) is 4.92. The fourth-order valence-corrected chi connectivity index (χ4v) is 2.89. The number of rotatable bonds is 3. The molecule has 21 heavy (non-hydrogen) atoms. The molecule has 1 aliphatic rings. The Labute approximate surface area is 124 Å². The van der Waals surface area contributed by atoms with E-state index in [1.165, 1.54) is 6.07 Å². The van der Waals surface area contributed by atoms with Crippen LogP contribution >= 0.6 is 0 Å². The van der Waals surface area contributed by atoms with E-state index in [4.69, 9.17) is 5.73 Å². The predicted molar refractivity (Wildman–Crippen MR) is 80.1 cm³/mol. The first-order valence-corrected chi connectivity index (χ1v) is 7.24. The van der Waals surface area contributed by atoms with Gasteiger partial charge in [-0.2, -0.15) is 0 Å². The fraction of sp³-hybridized carbons (Fsp3) is 0.533. The molecule has 6 nitrogen and oxygen atoms in total. The number of likely N-dealkylation sites (tertiary alicyclic amines) is 1. The second kappa shape index (κ2) is 6.22. The highest BCUT2D eigenvalue weighted by Crippen LogP contribution is 2.25. The number of hydrogen-bond acceptors (Lipinski definition) is 4. The number of carbonyl (C=O) groups is 1. The molecule has 114 valence electrons. The molecular weight excluding hydrogens is 270 g/mol. The Balaban J connectivity index is 2.25. The highest BCUT2D eigenvalue weighted by Gasteiger charge is 2.30. The van der Waals surface area contributed by atoms with Crippen LogP contribution in [0.25, 0.3) is 0 Å². The van der Waals surface area contributed by atoms with Gasteiger partial charge in [-0.1, -0.05) is 19.4 Å². The molecule has 0 aromatic heterocycles. The van der Waals surface area contributed by atoms with Crippen molar-refractivity contribution in [3.8, 4) is 0 Å². The molecule has 2 N–H and O–H groups in total. The second-order valence-corrected chi connectivity index (χ2v) is 5.58. The number of benzene rings is 1. The van der Waals surface area contributed by atoms with Gasteiger partial charge in [0.25, 0.3) is 11.6 Å². The summed E-state index contributed by atoms with van der Waals surface area (Å²) < 4.78 is 0. The minimum atomic E-state index is -0.451. The molecule has 2 atom stereocenters. The van der Waals surface area contributed by atoms with E-state index < -0.39 is 4.92 Å². The van der Waals surface area contributed by atoms with Crippen molar-refractivity contribution in [3.63, 3.8) is 0 Å². The zero-order valence-corrected chi connectivity index (χ0v) is 12.4. The third kappa shape index (κ3) is 3.05. The molecule has 0 radical (unpaired) electrons. The Kier molecular flexibility index (Phi) is 4.57. The van der Waals surface area contributed by atoms with Crippen molar-refractivity contribution in [2.24, 2.45) is 11.7 Å². The molecule has 1 fully saturated rings. The Morgan fingerprint density at radius 3 is 2.86 bits per heavy atom. The lowest BCUT2D eigenvalue weighted by atomic mass is 9.90. The second-order valence-electron chi connectivity index (χ2n) is 5.58. The maximum Gasteiger partial charge on any atom is 0.273 e. The SMILES string of the molecule is CCC1CN(C(=O)c2cccc([N+](=O)[O-])c2C)CCC1N. The summed E-state index contributed by atoms with van der Waals surface area (Å²) >= 11 is 0. The molecule has 1 aromatic carbocycles. The highest BCUT2D eigenvalue weighted by atomic mass is 16.6. The smallest absolute Gasteiger partial charge is 0.273 e. The third-order valence-corrected chi connectivity index (χ3v) is 4.34. The first-order valence-electron chi connectivity index (χ1n) is 7.24. The van der Waals surface area contributed by atoms with Gasteiger partial charge in [-0.05, 0) is 25.3 Å².